The van der Waals surface area contributed by atoms with Crippen molar-refractivity contribution in [3.05, 3.63) is 29.3 Å². The van der Waals surface area contributed by atoms with Crippen molar-refractivity contribution < 1.29 is 32.9 Å². The van der Waals surface area contributed by atoms with E-state index in [9.17, 15) is 23.1 Å². The number of rotatable bonds is 3. The molecule has 4 nitrogen and oxygen atoms in total. The van der Waals surface area contributed by atoms with Crippen LogP contribution in [0.5, 0.6) is 5.75 Å². The van der Waals surface area contributed by atoms with Crippen LogP contribution in [0.2, 0.25) is 0 Å². The number of aliphatic hydroxyl groups is 1. The normalized spacial score (nSPS) is 21.9. The number of halogens is 3. The Labute approximate surface area is 125 Å². The molecule has 0 bridgehead atoms. The highest BCUT2D eigenvalue weighted by Gasteiger charge is 2.52. The van der Waals surface area contributed by atoms with E-state index in [0.29, 0.717) is 11.1 Å². The van der Waals surface area contributed by atoms with Gasteiger partial charge in [0.15, 0.2) is 0 Å². The number of ether oxygens (including phenoxy) is 1. The van der Waals surface area contributed by atoms with Crippen LogP contribution in [0.3, 0.4) is 0 Å². The topological polar surface area (TPSA) is 66.8 Å². The van der Waals surface area contributed by atoms with Crippen molar-refractivity contribution in [3.63, 3.8) is 0 Å². The van der Waals surface area contributed by atoms with E-state index >= 15 is 0 Å². The van der Waals surface area contributed by atoms with Gasteiger partial charge in [-0.3, -0.25) is 4.79 Å². The lowest BCUT2D eigenvalue weighted by Crippen LogP contribution is -2.47. The average molecular weight is 318 g/mol. The monoisotopic (exact) mass is 318 g/mol. The van der Waals surface area contributed by atoms with E-state index in [1.807, 2.05) is 0 Å². The number of fused-ring (bicyclic) bond motifs is 1. The molecule has 0 aliphatic carbocycles. The standard InChI is InChI=1S/C15H17F3O4/c1-14(2,7-19)9-4-3-8-5-10(13(20)21)12(15(16,17)18)22-11(8)6-9/h3-4,6,10,12,19H,5,7H2,1-2H3,(H,20,21)/t10-,12+/m1/s1. The van der Waals surface area contributed by atoms with Crippen molar-refractivity contribution in [2.75, 3.05) is 6.61 Å². The quantitative estimate of drug-likeness (QED) is 0.899. The summed E-state index contributed by atoms with van der Waals surface area (Å²) in [6.07, 6.45) is -7.37. The molecule has 0 spiro atoms. The van der Waals surface area contributed by atoms with Crippen LogP contribution in [-0.2, 0) is 16.6 Å². The van der Waals surface area contributed by atoms with Crippen molar-refractivity contribution in [1.82, 2.24) is 0 Å². The summed E-state index contributed by atoms with van der Waals surface area (Å²) in [4.78, 5) is 11.1. The first-order valence-electron chi connectivity index (χ1n) is 6.76. The van der Waals surface area contributed by atoms with E-state index in [1.54, 1.807) is 26.0 Å². The number of aliphatic carboxylic acids is 1. The summed E-state index contributed by atoms with van der Waals surface area (Å²) >= 11 is 0. The molecule has 22 heavy (non-hydrogen) atoms. The molecule has 122 valence electrons. The maximum absolute atomic E-state index is 13.0. The molecule has 0 aromatic heterocycles. The molecule has 0 fully saturated rings. The summed E-state index contributed by atoms with van der Waals surface area (Å²) in [6, 6.07) is 4.68. The lowest BCUT2D eigenvalue weighted by molar-refractivity contribution is -0.217. The zero-order valence-electron chi connectivity index (χ0n) is 12.1. The molecule has 1 aromatic rings. The van der Waals surface area contributed by atoms with Crippen LogP contribution in [0.15, 0.2) is 18.2 Å². The van der Waals surface area contributed by atoms with E-state index in [0.717, 1.165) is 0 Å². The summed E-state index contributed by atoms with van der Waals surface area (Å²) in [6.45, 7) is 3.32. The van der Waals surface area contributed by atoms with Gasteiger partial charge in [0.2, 0.25) is 6.10 Å². The number of aliphatic hydroxyl groups excluding tert-OH is 1. The number of hydrogen-bond acceptors (Lipinski definition) is 3. The Morgan fingerprint density at radius 3 is 2.50 bits per heavy atom. The second kappa shape index (κ2) is 5.46. The van der Waals surface area contributed by atoms with E-state index in [1.165, 1.54) is 6.07 Å². The van der Waals surface area contributed by atoms with Crippen molar-refractivity contribution in [1.29, 1.82) is 0 Å². The van der Waals surface area contributed by atoms with Gasteiger partial charge in [0.25, 0.3) is 0 Å². The molecule has 7 heteroatoms. The van der Waals surface area contributed by atoms with Crippen LogP contribution in [0, 0.1) is 5.92 Å². The molecule has 1 aliphatic heterocycles. The fraction of sp³-hybridized carbons (Fsp3) is 0.533. The first-order valence-corrected chi connectivity index (χ1v) is 6.76. The number of hydrogen-bond donors (Lipinski definition) is 2. The summed E-state index contributed by atoms with van der Waals surface area (Å²) in [5, 5.41) is 18.4. The largest absolute Gasteiger partial charge is 0.481 e. The SMILES string of the molecule is CC(C)(CO)c1ccc2c(c1)O[C@H](C(F)(F)F)[C@H](C(=O)O)C2. The highest BCUT2D eigenvalue weighted by molar-refractivity contribution is 5.72. The molecule has 0 unspecified atom stereocenters. The maximum Gasteiger partial charge on any atom is 0.426 e. The van der Waals surface area contributed by atoms with Crippen molar-refractivity contribution in [2.45, 2.75) is 38.0 Å². The third-order valence-electron chi connectivity index (χ3n) is 3.94. The number of carboxylic acids is 1. The molecule has 0 amide bonds. The zero-order valence-corrected chi connectivity index (χ0v) is 12.1. The van der Waals surface area contributed by atoms with Gasteiger partial charge in [0, 0.05) is 5.41 Å². The molecular weight excluding hydrogens is 301 g/mol. The third kappa shape index (κ3) is 3.04. The third-order valence-corrected chi connectivity index (χ3v) is 3.94. The zero-order chi connectivity index (χ0) is 16.7. The average Bonchev–Trinajstić information content (AvgIpc) is 2.44. The Morgan fingerprint density at radius 1 is 1.36 bits per heavy atom. The Kier molecular flexibility index (Phi) is 4.12. The highest BCUT2D eigenvalue weighted by Crippen LogP contribution is 2.40. The number of carbonyl (C=O) groups is 1. The van der Waals surface area contributed by atoms with Gasteiger partial charge in [-0.05, 0) is 23.6 Å². The minimum absolute atomic E-state index is 0.0267. The van der Waals surface area contributed by atoms with Crippen molar-refractivity contribution >= 4 is 5.97 Å². The Bertz CT molecular complexity index is 581. The minimum Gasteiger partial charge on any atom is -0.481 e. The van der Waals surface area contributed by atoms with E-state index < -0.39 is 29.6 Å². The van der Waals surface area contributed by atoms with Crippen LogP contribution < -0.4 is 4.74 Å². The smallest absolute Gasteiger partial charge is 0.426 e. The molecule has 1 aromatic carbocycles. The second-order valence-electron chi connectivity index (χ2n) is 6.09. The summed E-state index contributed by atoms with van der Waals surface area (Å²) in [5.74, 6) is -3.17. The van der Waals surface area contributed by atoms with Crippen molar-refractivity contribution in [2.24, 2.45) is 5.92 Å². The molecule has 2 atom stereocenters. The van der Waals surface area contributed by atoms with E-state index in [4.69, 9.17) is 9.84 Å². The molecule has 0 radical (unpaired) electrons. The lowest BCUT2D eigenvalue weighted by atomic mass is 9.83. The Hall–Kier alpha value is -1.76. The molecule has 1 aliphatic rings. The van der Waals surface area contributed by atoms with Gasteiger partial charge in [0.1, 0.15) is 11.7 Å². The van der Waals surface area contributed by atoms with Gasteiger partial charge in [-0.2, -0.15) is 13.2 Å². The molecule has 1 heterocycles. The molecule has 0 saturated carbocycles. The van der Waals surface area contributed by atoms with Crippen LogP contribution >= 0.6 is 0 Å². The fourth-order valence-corrected chi connectivity index (χ4v) is 2.42. The van der Waals surface area contributed by atoms with E-state index in [-0.39, 0.29) is 18.8 Å². The molecule has 2 rings (SSSR count). The fourth-order valence-electron chi connectivity index (χ4n) is 2.42. The van der Waals surface area contributed by atoms with E-state index in [2.05, 4.69) is 0 Å². The number of alkyl halides is 3. The van der Waals surface area contributed by atoms with Gasteiger partial charge < -0.3 is 14.9 Å². The first-order chi connectivity index (χ1) is 10.1. The van der Waals surface area contributed by atoms with Gasteiger partial charge in [-0.15, -0.1) is 0 Å². The van der Waals surface area contributed by atoms with Crippen LogP contribution in [0.1, 0.15) is 25.0 Å². The van der Waals surface area contributed by atoms with Gasteiger partial charge in [-0.25, -0.2) is 0 Å². The van der Waals surface area contributed by atoms with Gasteiger partial charge in [0.05, 0.1) is 6.61 Å². The minimum atomic E-state index is -4.76. The number of carboxylic acid groups (broad SMARTS) is 1. The summed E-state index contributed by atoms with van der Waals surface area (Å²) < 4.78 is 44.0. The highest BCUT2D eigenvalue weighted by atomic mass is 19.4. The maximum atomic E-state index is 13.0. The van der Waals surface area contributed by atoms with Crippen molar-refractivity contribution in [3.8, 4) is 5.75 Å². The second-order valence-corrected chi connectivity index (χ2v) is 6.09. The predicted molar refractivity (Wildman–Crippen MR) is 71.9 cm³/mol. The van der Waals surface area contributed by atoms with Gasteiger partial charge >= 0.3 is 12.1 Å². The molecular formula is C15H17F3O4. The number of benzene rings is 1. The van der Waals surface area contributed by atoms with Crippen LogP contribution in [0.4, 0.5) is 13.2 Å². The first kappa shape index (κ1) is 16.6. The molecule has 2 N–H and O–H groups in total. The summed E-state index contributed by atoms with van der Waals surface area (Å²) in [5.41, 5.74) is 0.421. The Balaban J connectivity index is 2.43. The van der Waals surface area contributed by atoms with Crippen LogP contribution in [-0.4, -0.2) is 35.1 Å². The predicted octanol–water partition coefficient (Wildman–Crippen LogP) is 2.52. The van der Waals surface area contributed by atoms with Gasteiger partial charge in [-0.1, -0.05) is 26.0 Å². The van der Waals surface area contributed by atoms with Crippen LogP contribution in [0.25, 0.3) is 0 Å². The lowest BCUT2D eigenvalue weighted by Gasteiger charge is -2.33. The Morgan fingerprint density at radius 2 is 2.00 bits per heavy atom. The molecule has 0 saturated heterocycles. The summed E-state index contributed by atoms with van der Waals surface area (Å²) in [7, 11) is 0.